The van der Waals surface area contributed by atoms with Gasteiger partial charge < -0.3 is 0 Å². The van der Waals surface area contributed by atoms with Crippen LogP contribution in [0.25, 0.3) is 11.1 Å². The second-order valence-corrected chi connectivity index (χ2v) is 10.2. The first-order valence-electron chi connectivity index (χ1n) is 7.90. The van der Waals surface area contributed by atoms with Gasteiger partial charge >= 0.3 is 0 Å². The summed E-state index contributed by atoms with van der Waals surface area (Å²) < 4.78 is 0. The first-order chi connectivity index (χ1) is 11.2. The molecule has 3 aromatic rings. The van der Waals surface area contributed by atoms with Crippen LogP contribution in [0.4, 0.5) is 0 Å². The number of hydrogen-bond donors (Lipinski definition) is 0. The predicted octanol–water partition coefficient (Wildman–Crippen LogP) is 4.86. The zero-order valence-electron chi connectivity index (χ0n) is 13.6. The van der Waals surface area contributed by atoms with Gasteiger partial charge in [-0.05, 0) is 22.4 Å². The molecule has 0 unspecified atom stereocenters. The summed E-state index contributed by atoms with van der Waals surface area (Å²) in [5.41, 5.74) is 7.12. The molecule has 3 aromatic carbocycles. The average molecular weight is 312 g/mol. The molecule has 0 aromatic heterocycles. The first kappa shape index (κ1) is 15.3. The van der Waals surface area contributed by atoms with Gasteiger partial charge in [-0.15, -0.1) is 5.54 Å². The minimum absolute atomic E-state index is 1.11. The van der Waals surface area contributed by atoms with E-state index in [9.17, 15) is 0 Å². The second-order valence-electron chi connectivity index (χ2n) is 6.15. The van der Waals surface area contributed by atoms with Gasteiger partial charge in [0.05, 0.1) is 0 Å². The Labute approximate surface area is 139 Å². The van der Waals surface area contributed by atoms with Gasteiger partial charge in [-0.25, -0.2) is 0 Å². The van der Waals surface area contributed by atoms with Crippen molar-refractivity contribution in [1.82, 2.24) is 0 Å². The second kappa shape index (κ2) is 6.69. The normalized spacial score (nSPS) is 10.7. The molecule has 0 saturated carbocycles. The molecule has 112 valence electrons. The topological polar surface area (TPSA) is 0 Å². The molecule has 0 atom stereocenters. The summed E-state index contributed by atoms with van der Waals surface area (Å²) in [6, 6.07) is 29.5. The Balaban J connectivity index is 2.00. The van der Waals surface area contributed by atoms with E-state index in [4.69, 9.17) is 0 Å². The zero-order valence-corrected chi connectivity index (χ0v) is 14.6. The fourth-order valence-corrected chi connectivity index (χ4v) is 4.23. The molecule has 0 spiro atoms. The van der Waals surface area contributed by atoms with Gasteiger partial charge in [-0.3, -0.25) is 0 Å². The zero-order chi connectivity index (χ0) is 16.1. The molecule has 0 radical (unpaired) electrons. The molecule has 0 fully saturated rings. The summed E-state index contributed by atoms with van der Waals surface area (Å²) >= 11 is 0. The van der Waals surface area contributed by atoms with E-state index in [0.717, 1.165) is 5.56 Å². The molecule has 23 heavy (non-hydrogen) atoms. The summed E-state index contributed by atoms with van der Waals surface area (Å²) in [5, 5.41) is 1.38. The van der Waals surface area contributed by atoms with E-state index in [2.05, 4.69) is 103 Å². The molecule has 0 amide bonds. The molecule has 0 nitrogen and oxygen atoms in total. The van der Waals surface area contributed by atoms with E-state index >= 15 is 0 Å². The van der Waals surface area contributed by atoms with Crippen LogP contribution >= 0.6 is 0 Å². The lowest BCUT2D eigenvalue weighted by atomic mass is 10.0. The Morgan fingerprint density at radius 1 is 0.652 bits per heavy atom. The highest BCUT2D eigenvalue weighted by atomic mass is 28.3. The SMILES string of the molecule is C[Si](C)(C#Cc1ccccc1-c1ccccc1)c1ccccc1. The molecule has 3 rings (SSSR count). The maximum Gasteiger partial charge on any atom is 0.163 e. The molecule has 1 heteroatoms. The van der Waals surface area contributed by atoms with Crippen LogP contribution in [0.15, 0.2) is 84.9 Å². The molecular weight excluding hydrogens is 292 g/mol. The van der Waals surface area contributed by atoms with E-state index in [1.54, 1.807) is 0 Å². The molecule has 0 heterocycles. The van der Waals surface area contributed by atoms with Gasteiger partial charge in [-0.2, -0.15) is 0 Å². The summed E-state index contributed by atoms with van der Waals surface area (Å²) in [7, 11) is -1.75. The van der Waals surface area contributed by atoms with Gasteiger partial charge in [0.25, 0.3) is 0 Å². The van der Waals surface area contributed by atoms with Crippen molar-refractivity contribution >= 4 is 13.3 Å². The van der Waals surface area contributed by atoms with Crippen molar-refractivity contribution in [3.8, 4) is 22.6 Å². The fraction of sp³-hybridized carbons (Fsp3) is 0.0909. The molecule has 0 bridgehead atoms. The predicted molar refractivity (Wildman–Crippen MR) is 102 cm³/mol. The Morgan fingerprint density at radius 3 is 1.91 bits per heavy atom. The standard InChI is InChI=1S/C22H20Si/c1-23(2,21-14-7-4-8-15-21)18-17-20-13-9-10-16-22(20)19-11-5-3-6-12-19/h3-16H,1-2H3. The van der Waals surface area contributed by atoms with Gasteiger partial charge in [0, 0.05) is 5.56 Å². The highest BCUT2D eigenvalue weighted by Crippen LogP contribution is 2.22. The van der Waals surface area contributed by atoms with E-state index in [0.29, 0.717) is 0 Å². The summed E-state index contributed by atoms with van der Waals surface area (Å²) in [4.78, 5) is 0. The lowest BCUT2D eigenvalue weighted by Crippen LogP contribution is -2.39. The largest absolute Gasteiger partial charge is 0.163 e. The third kappa shape index (κ3) is 3.61. The molecule has 0 saturated heterocycles. The molecular formula is C22H20Si. The Kier molecular flexibility index (Phi) is 4.46. The lowest BCUT2D eigenvalue weighted by Gasteiger charge is -2.15. The Hall–Kier alpha value is -2.56. The van der Waals surface area contributed by atoms with E-state index < -0.39 is 8.07 Å². The Morgan fingerprint density at radius 2 is 1.22 bits per heavy atom. The van der Waals surface area contributed by atoms with E-state index in [-0.39, 0.29) is 0 Å². The maximum atomic E-state index is 3.59. The third-order valence-corrected chi connectivity index (χ3v) is 6.54. The quantitative estimate of drug-likeness (QED) is 0.468. The van der Waals surface area contributed by atoms with Crippen LogP contribution < -0.4 is 5.19 Å². The van der Waals surface area contributed by atoms with Crippen LogP contribution in [-0.4, -0.2) is 8.07 Å². The van der Waals surface area contributed by atoms with Crippen molar-refractivity contribution < 1.29 is 0 Å². The number of benzene rings is 3. The lowest BCUT2D eigenvalue weighted by molar-refractivity contribution is 1.58. The minimum atomic E-state index is -1.75. The monoisotopic (exact) mass is 312 g/mol. The highest BCUT2D eigenvalue weighted by Gasteiger charge is 2.20. The smallest absolute Gasteiger partial charge is 0.121 e. The summed E-state index contributed by atoms with van der Waals surface area (Å²) in [5.74, 6) is 3.46. The van der Waals surface area contributed by atoms with Gasteiger partial charge in [-0.1, -0.05) is 97.9 Å². The van der Waals surface area contributed by atoms with E-state index in [1.165, 1.54) is 16.3 Å². The minimum Gasteiger partial charge on any atom is -0.121 e. The first-order valence-corrected chi connectivity index (χ1v) is 10.9. The van der Waals surface area contributed by atoms with Crippen LogP contribution in [0.2, 0.25) is 13.1 Å². The van der Waals surface area contributed by atoms with Crippen molar-refractivity contribution in [2.45, 2.75) is 13.1 Å². The van der Waals surface area contributed by atoms with Crippen molar-refractivity contribution in [1.29, 1.82) is 0 Å². The number of rotatable bonds is 2. The van der Waals surface area contributed by atoms with Crippen LogP contribution in [0.3, 0.4) is 0 Å². The van der Waals surface area contributed by atoms with Gasteiger partial charge in [0.2, 0.25) is 0 Å². The molecule has 0 aliphatic carbocycles. The van der Waals surface area contributed by atoms with Crippen LogP contribution in [0.5, 0.6) is 0 Å². The molecule has 0 aliphatic heterocycles. The van der Waals surface area contributed by atoms with Crippen molar-refractivity contribution in [3.63, 3.8) is 0 Å². The van der Waals surface area contributed by atoms with Crippen LogP contribution in [0.1, 0.15) is 5.56 Å². The van der Waals surface area contributed by atoms with Gasteiger partial charge in [0.1, 0.15) is 0 Å². The molecule has 0 N–H and O–H groups in total. The molecule has 0 aliphatic rings. The van der Waals surface area contributed by atoms with E-state index in [1.807, 2.05) is 6.07 Å². The highest BCUT2D eigenvalue weighted by molar-refractivity contribution is 6.96. The van der Waals surface area contributed by atoms with Crippen molar-refractivity contribution in [2.75, 3.05) is 0 Å². The van der Waals surface area contributed by atoms with Crippen LogP contribution in [0, 0.1) is 11.5 Å². The average Bonchev–Trinajstić information content (AvgIpc) is 2.62. The Bertz CT molecular complexity index is 837. The van der Waals surface area contributed by atoms with Crippen molar-refractivity contribution in [3.05, 3.63) is 90.5 Å². The summed E-state index contributed by atoms with van der Waals surface area (Å²) in [6.07, 6.45) is 0. The third-order valence-electron chi connectivity index (χ3n) is 4.02. The maximum absolute atomic E-state index is 3.59. The van der Waals surface area contributed by atoms with Gasteiger partial charge in [0.15, 0.2) is 8.07 Å². The fourth-order valence-electron chi connectivity index (χ4n) is 2.61. The summed E-state index contributed by atoms with van der Waals surface area (Å²) in [6.45, 7) is 4.61. The number of hydrogen-bond acceptors (Lipinski definition) is 0. The van der Waals surface area contributed by atoms with Crippen LogP contribution in [-0.2, 0) is 0 Å². The van der Waals surface area contributed by atoms with Crippen molar-refractivity contribution in [2.24, 2.45) is 0 Å².